The average molecular weight is 276 g/mol. The van der Waals surface area contributed by atoms with E-state index in [1.807, 2.05) is 6.20 Å². The number of hydrogen-bond donors (Lipinski definition) is 0. The van der Waals surface area contributed by atoms with Crippen LogP contribution in [0.3, 0.4) is 0 Å². The number of esters is 1. The van der Waals surface area contributed by atoms with E-state index in [1.54, 1.807) is 0 Å². The van der Waals surface area contributed by atoms with Crippen molar-refractivity contribution in [1.29, 1.82) is 0 Å². The molecule has 0 unspecified atom stereocenters. The van der Waals surface area contributed by atoms with E-state index < -0.39 is 0 Å². The lowest BCUT2D eigenvalue weighted by Crippen LogP contribution is -2.12. The number of aryl methyl sites for hydroxylation is 2. The maximum Gasteiger partial charge on any atom is 0.358 e. The fourth-order valence-corrected chi connectivity index (χ4v) is 2.67. The molecule has 4 heteroatoms. The number of carbonyl (C=O) groups excluding carboxylic acids is 1. The van der Waals surface area contributed by atoms with Crippen LogP contribution in [0.1, 0.15) is 73.2 Å². The van der Waals surface area contributed by atoms with Gasteiger partial charge in [0, 0.05) is 6.20 Å². The molecule has 1 aromatic heterocycles. The Bertz CT molecular complexity index is 446. The SMILES string of the molecule is COC(=O)c1nc2cnc1CCCCCCCCCC2. The summed E-state index contributed by atoms with van der Waals surface area (Å²) < 4.78 is 4.83. The smallest absolute Gasteiger partial charge is 0.358 e. The zero-order chi connectivity index (χ0) is 14.2. The topological polar surface area (TPSA) is 52.1 Å². The minimum Gasteiger partial charge on any atom is -0.464 e. The van der Waals surface area contributed by atoms with Gasteiger partial charge in [-0.25, -0.2) is 9.78 Å². The minimum absolute atomic E-state index is 0.360. The Hall–Kier alpha value is -1.45. The first kappa shape index (κ1) is 14.9. The maximum atomic E-state index is 11.8. The number of aromatic nitrogens is 2. The summed E-state index contributed by atoms with van der Waals surface area (Å²) in [5, 5.41) is 0. The largest absolute Gasteiger partial charge is 0.464 e. The Morgan fingerprint density at radius 1 is 1.00 bits per heavy atom. The van der Waals surface area contributed by atoms with Crippen molar-refractivity contribution >= 4 is 5.97 Å². The Morgan fingerprint density at radius 2 is 1.60 bits per heavy atom. The molecule has 2 aliphatic rings. The summed E-state index contributed by atoms with van der Waals surface area (Å²) in [5.41, 5.74) is 2.12. The number of hydrogen-bond acceptors (Lipinski definition) is 4. The molecule has 110 valence electrons. The highest BCUT2D eigenvalue weighted by Crippen LogP contribution is 2.16. The molecule has 0 saturated carbocycles. The van der Waals surface area contributed by atoms with Crippen LogP contribution in [-0.4, -0.2) is 23.0 Å². The molecule has 0 aliphatic carbocycles. The lowest BCUT2D eigenvalue weighted by molar-refractivity contribution is 0.0591. The van der Waals surface area contributed by atoms with Gasteiger partial charge in [-0.3, -0.25) is 4.98 Å². The van der Waals surface area contributed by atoms with Crippen molar-refractivity contribution in [2.24, 2.45) is 0 Å². The number of rotatable bonds is 1. The van der Waals surface area contributed by atoms with E-state index in [2.05, 4.69) is 9.97 Å². The van der Waals surface area contributed by atoms with E-state index >= 15 is 0 Å². The molecule has 1 aromatic rings. The number of ether oxygens (including phenoxy) is 1. The maximum absolute atomic E-state index is 11.8. The van der Waals surface area contributed by atoms with E-state index in [-0.39, 0.29) is 5.97 Å². The zero-order valence-electron chi connectivity index (χ0n) is 12.4. The molecule has 0 saturated heterocycles. The van der Waals surface area contributed by atoms with Crippen molar-refractivity contribution in [3.8, 4) is 0 Å². The van der Waals surface area contributed by atoms with Gasteiger partial charge in [0.05, 0.1) is 18.5 Å². The Morgan fingerprint density at radius 3 is 2.25 bits per heavy atom. The van der Waals surface area contributed by atoms with Crippen molar-refractivity contribution in [3.05, 3.63) is 23.3 Å². The van der Waals surface area contributed by atoms with Gasteiger partial charge in [0.2, 0.25) is 0 Å². The molecule has 0 N–H and O–H groups in total. The third kappa shape index (κ3) is 4.29. The molecule has 2 aliphatic heterocycles. The van der Waals surface area contributed by atoms with Crippen LogP contribution >= 0.6 is 0 Å². The number of carbonyl (C=O) groups is 1. The molecule has 3 heterocycles. The van der Waals surface area contributed by atoms with Gasteiger partial charge in [0.25, 0.3) is 0 Å². The predicted molar refractivity (Wildman–Crippen MR) is 77.7 cm³/mol. The Kier molecular flexibility index (Phi) is 5.96. The summed E-state index contributed by atoms with van der Waals surface area (Å²) in [6.45, 7) is 0. The second-order valence-corrected chi connectivity index (χ2v) is 5.48. The molecule has 2 bridgehead atoms. The van der Waals surface area contributed by atoms with Crippen LogP contribution < -0.4 is 0 Å². The van der Waals surface area contributed by atoms with Gasteiger partial charge in [-0.1, -0.05) is 38.5 Å². The molecule has 0 aromatic carbocycles. The quantitative estimate of drug-likeness (QED) is 0.737. The normalized spacial score (nSPS) is 17.4. The minimum atomic E-state index is -0.360. The average Bonchev–Trinajstić information content (AvgIpc) is 2.49. The van der Waals surface area contributed by atoms with Crippen LogP contribution in [0.5, 0.6) is 0 Å². The molecule has 0 spiro atoms. The second kappa shape index (κ2) is 7.98. The molecule has 0 fully saturated rings. The van der Waals surface area contributed by atoms with Crippen LogP contribution in [0.2, 0.25) is 0 Å². The first-order chi connectivity index (χ1) is 9.81. The highest BCUT2D eigenvalue weighted by atomic mass is 16.5. The van der Waals surface area contributed by atoms with Crippen LogP contribution in [0, 0.1) is 0 Å². The number of nitrogens with zero attached hydrogens (tertiary/aromatic N) is 2. The van der Waals surface area contributed by atoms with Crippen LogP contribution in [0.4, 0.5) is 0 Å². The summed E-state index contributed by atoms with van der Waals surface area (Å²) in [4.78, 5) is 20.8. The fourth-order valence-electron chi connectivity index (χ4n) is 2.67. The molecule has 0 radical (unpaired) electrons. The van der Waals surface area contributed by atoms with E-state index in [1.165, 1.54) is 45.6 Å². The lowest BCUT2D eigenvalue weighted by Gasteiger charge is -2.10. The van der Waals surface area contributed by atoms with E-state index in [9.17, 15) is 4.79 Å². The Labute approximate surface area is 121 Å². The summed E-state index contributed by atoms with van der Waals surface area (Å²) in [6.07, 6.45) is 13.4. The third-order valence-electron chi connectivity index (χ3n) is 3.87. The van der Waals surface area contributed by atoms with Gasteiger partial charge >= 0.3 is 5.97 Å². The standard InChI is InChI=1S/C16H24N2O2/c1-20-16(19)15-14-11-9-7-5-3-2-4-6-8-10-13(18-15)12-17-14/h12H,2-11H2,1H3. The van der Waals surface area contributed by atoms with Crippen molar-refractivity contribution in [1.82, 2.24) is 9.97 Å². The molecular weight excluding hydrogens is 252 g/mol. The lowest BCUT2D eigenvalue weighted by atomic mass is 10.0. The van der Waals surface area contributed by atoms with Gasteiger partial charge in [0.15, 0.2) is 5.69 Å². The van der Waals surface area contributed by atoms with Crippen molar-refractivity contribution < 1.29 is 9.53 Å². The highest BCUT2D eigenvalue weighted by Gasteiger charge is 2.16. The molecular formula is C16H24N2O2. The van der Waals surface area contributed by atoms with E-state index in [0.29, 0.717) is 5.69 Å². The van der Waals surface area contributed by atoms with Crippen molar-refractivity contribution in [2.45, 2.75) is 64.2 Å². The zero-order valence-corrected chi connectivity index (χ0v) is 12.4. The monoisotopic (exact) mass is 276 g/mol. The number of methoxy groups -OCH3 is 1. The van der Waals surface area contributed by atoms with Crippen LogP contribution in [0.25, 0.3) is 0 Å². The molecule has 3 rings (SSSR count). The van der Waals surface area contributed by atoms with Crippen LogP contribution in [0.15, 0.2) is 6.20 Å². The first-order valence-corrected chi connectivity index (χ1v) is 7.74. The van der Waals surface area contributed by atoms with Crippen molar-refractivity contribution in [2.75, 3.05) is 7.11 Å². The number of fused-ring (bicyclic) bond motifs is 11. The van der Waals surface area contributed by atoms with Gasteiger partial charge in [-0.05, 0) is 25.7 Å². The Balaban J connectivity index is 2.17. The molecule has 0 atom stereocenters. The van der Waals surface area contributed by atoms with Gasteiger partial charge in [-0.15, -0.1) is 0 Å². The predicted octanol–water partition coefficient (Wildman–Crippen LogP) is 3.48. The molecule has 4 nitrogen and oxygen atoms in total. The molecule has 20 heavy (non-hydrogen) atoms. The summed E-state index contributed by atoms with van der Waals surface area (Å²) >= 11 is 0. The first-order valence-electron chi connectivity index (χ1n) is 7.74. The van der Waals surface area contributed by atoms with Crippen molar-refractivity contribution in [3.63, 3.8) is 0 Å². The summed E-state index contributed by atoms with van der Waals surface area (Å²) in [5.74, 6) is -0.360. The molecule has 0 amide bonds. The van der Waals surface area contributed by atoms with E-state index in [0.717, 1.165) is 37.1 Å². The summed E-state index contributed by atoms with van der Waals surface area (Å²) in [7, 11) is 1.40. The fraction of sp³-hybridized carbons (Fsp3) is 0.688. The third-order valence-corrected chi connectivity index (χ3v) is 3.87. The highest BCUT2D eigenvalue weighted by molar-refractivity contribution is 5.88. The second-order valence-electron chi connectivity index (χ2n) is 5.48. The summed E-state index contributed by atoms with van der Waals surface area (Å²) in [6, 6.07) is 0. The van der Waals surface area contributed by atoms with Gasteiger partial charge in [0.1, 0.15) is 0 Å². The van der Waals surface area contributed by atoms with E-state index in [4.69, 9.17) is 4.74 Å². The van der Waals surface area contributed by atoms with Gasteiger partial charge in [-0.2, -0.15) is 0 Å². The van der Waals surface area contributed by atoms with Gasteiger partial charge < -0.3 is 4.74 Å². The van der Waals surface area contributed by atoms with Crippen LogP contribution in [-0.2, 0) is 17.6 Å².